The molecule has 4 nitrogen and oxygen atoms in total. The van der Waals surface area contributed by atoms with E-state index in [1.165, 1.54) is 0 Å². The van der Waals surface area contributed by atoms with E-state index in [1.54, 1.807) is 6.92 Å². The highest BCUT2D eigenvalue weighted by Crippen LogP contribution is 2.28. The first-order chi connectivity index (χ1) is 8.02. The van der Waals surface area contributed by atoms with Crippen molar-refractivity contribution in [1.29, 1.82) is 0 Å². The average molecular weight is 243 g/mol. The minimum atomic E-state index is -0.737. The first-order valence-electron chi connectivity index (χ1n) is 6.58. The van der Waals surface area contributed by atoms with Crippen molar-refractivity contribution in [2.24, 2.45) is 5.92 Å². The first-order valence-corrected chi connectivity index (χ1v) is 6.58. The highest BCUT2D eigenvalue weighted by molar-refractivity contribution is 5.73. The lowest BCUT2D eigenvalue weighted by atomic mass is 10.1. The topological polar surface area (TPSA) is 49.8 Å². The summed E-state index contributed by atoms with van der Waals surface area (Å²) in [5, 5.41) is 9.02. The van der Waals surface area contributed by atoms with E-state index < -0.39 is 12.0 Å². The normalized spacial score (nSPS) is 17.7. The van der Waals surface area contributed by atoms with Crippen molar-refractivity contribution in [2.45, 2.75) is 52.1 Å². The van der Waals surface area contributed by atoms with Crippen LogP contribution in [0.5, 0.6) is 0 Å². The second kappa shape index (κ2) is 6.97. The fourth-order valence-electron chi connectivity index (χ4n) is 1.83. The Morgan fingerprint density at radius 3 is 2.47 bits per heavy atom. The highest BCUT2D eigenvalue weighted by atomic mass is 16.5. The molecule has 100 valence electrons. The van der Waals surface area contributed by atoms with E-state index in [0.717, 1.165) is 32.4 Å². The van der Waals surface area contributed by atoms with E-state index in [0.29, 0.717) is 18.6 Å². The summed E-state index contributed by atoms with van der Waals surface area (Å²) in [6.45, 7) is 8.25. The van der Waals surface area contributed by atoms with Gasteiger partial charge in [0.1, 0.15) is 6.04 Å². The number of carbonyl (C=O) groups is 1. The van der Waals surface area contributed by atoms with Gasteiger partial charge in [0, 0.05) is 19.2 Å². The van der Waals surface area contributed by atoms with Crippen molar-refractivity contribution in [3.63, 3.8) is 0 Å². The minimum absolute atomic E-state index is 0.392. The molecule has 0 bridgehead atoms. The van der Waals surface area contributed by atoms with Gasteiger partial charge >= 0.3 is 5.97 Å². The molecule has 0 aromatic rings. The standard InChI is InChI=1S/C13H25NO3/c1-10(2)6-8-17-9-7-14(12-4-5-12)11(3)13(15)16/h10-12H,4-9H2,1-3H3,(H,15,16). The van der Waals surface area contributed by atoms with Gasteiger partial charge in [-0.1, -0.05) is 13.8 Å². The van der Waals surface area contributed by atoms with E-state index in [9.17, 15) is 4.79 Å². The third-order valence-electron chi connectivity index (χ3n) is 3.20. The predicted molar refractivity (Wildman–Crippen MR) is 67.1 cm³/mol. The highest BCUT2D eigenvalue weighted by Gasteiger charge is 2.34. The Morgan fingerprint density at radius 1 is 1.35 bits per heavy atom. The van der Waals surface area contributed by atoms with Gasteiger partial charge in [0.05, 0.1) is 6.61 Å². The van der Waals surface area contributed by atoms with Gasteiger partial charge < -0.3 is 9.84 Å². The Hall–Kier alpha value is -0.610. The molecular weight excluding hydrogens is 218 g/mol. The molecule has 1 aliphatic rings. The number of ether oxygens (including phenoxy) is 1. The van der Waals surface area contributed by atoms with E-state index in [4.69, 9.17) is 9.84 Å². The predicted octanol–water partition coefficient (Wildman–Crippen LogP) is 1.99. The lowest BCUT2D eigenvalue weighted by molar-refractivity contribution is -0.143. The summed E-state index contributed by atoms with van der Waals surface area (Å²) < 4.78 is 5.55. The van der Waals surface area contributed by atoms with Gasteiger partial charge in [0.2, 0.25) is 0 Å². The summed E-state index contributed by atoms with van der Waals surface area (Å²) in [6.07, 6.45) is 3.32. The Morgan fingerprint density at radius 2 is 2.00 bits per heavy atom. The molecule has 1 rings (SSSR count). The van der Waals surface area contributed by atoms with Crippen LogP contribution >= 0.6 is 0 Å². The third-order valence-corrected chi connectivity index (χ3v) is 3.20. The van der Waals surface area contributed by atoms with Crippen LogP contribution in [0.25, 0.3) is 0 Å². The molecule has 0 aromatic carbocycles. The molecule has 1 N–H and O–H groups in total. The number of rotatable bonds is 9. The summed E-state index contributed by atoms with van der Waals surface area (Å²) in [6, 6.07) is 0.0750. The van der Waals surface area contributed by atoms with E-state index >= 15 is 0 Å². The van der Waals surface area contributed by atoms with E-state index in [-0.39, 0.29) is 0 Å². The SMILES string of the molecule is CC(C)CCOCCN(C1CC1)C(C)C(=O)O. The van der Waals surface area contributed by atoms with Gasteiger partial charge in [-0.2, -0.15) is 0 Å². The summed E-state index contributed by atoms with van der Waals surface area (Å²) >= 11 is 0. The van der Waals surface area contributed by atoms with Crippen molar-refractivity contribution in [2.75, 3.05) is 19.8 Å². The zero-order chi connectivity index (χ0) is 12.8. The first kappa shape index (κ1) is 14.5. The van der Waals surface area contributed by atoms with Crippen LogP contribution in [0.1, 0.15) is 40.0 Å². The molecule has 1 atom stereocenters. The van der Waals surface area contributed by atoms with Gasteiger partial charge in [-0.05, 0) is 32.1 Å². The molecule has 0 aromatic heterocycles. The molecule has 0 aliphatic heterocycles. The maximum atomic E-state index is 11.0. The Balaban J connectivity index is 2.19. The lowest BCUT2D eigenvalue weighted by Gasteiger charge is -2.25. The number of carboxylic acids is 1. The average Bonchev–Trinajstić information content (AvgIpc) is 3.05. The molecule has 0 saturated heterocycles. The molecule has 0 spiro atoms. The maximum Gasteiger partial charge on any atom is 0.320 e. The van der Waals surface area contributed by atoms with Crippen LogP contribution in [0, 0.1) is 5.92 Å². The molecule has 0 radical (unpaired) electrons. The molecule has 0 amide bonds. The summed E-state index contributed by atoms with van der Waals surface area (Å²) in [5.41, 5.74) is 0. The third kappa shape index (κ3) is 5.50. The van der Waals surface area contributed by atoms with Gasteiger partial charge in [0.25, 0.3) is 0 Å². The number of hydrogen-bond acceptors (Lipinski definition) is 3. The molecule has 17 heavy (non-hydrogen) atoms. The zero-order valence-corrected chi connectivity index (χ0v) is 11.2. The summed E-state index contributed by atoms with van der Waals surface area (Å²) in [7, 11) is 0. The van der Waals surface area contributed by atoms with Crippen LogP contribution in [-0.2, 0) is 9.53 Å². The number of nitrogens with zero attached hydrogens (tertiary/aromatic N) is 1. The number of hydrogen-bond donors (Lipinski definition) is 1. The maximum absolute atomic E-state index is 11.0. The quantitative estimate of drug-likeness (QED) is 0.629. The molecule has 1 fully saturated rings. The fourth-order valence-corrected chi connectivity index (χ4v) is 1.83. The summed E-state index contributed by atoms with van der Waals surface area (Å²) in [5.74, 6) is -0.0773. The van der Waals surface area contributed by atoms with Gasteiger partial charge in [-0.25, -0.2) is 0 Å². The van der Waals surface area contributed by atoms with Crippen LogP contribution in [0.2, 0.25) is 0 Å². The molecule has 1 aliphatic carbocycles. The monoisotopic (exact) mass is 243 g/mol. The Kier molecular flexibility index (Phi) is 5.92. The van der Waals surface area contributed by atoms with Crippen molar-refractivity contribution in [1.82, 2.24) is 4.90 Å². The van der Waals surface area contributed by atoms with Gasteiger partial charge in [-0.3, -0.25) is 9.69 Å². The second-order valence-corrected chi connectivity index (χ2v) is 5.28. The number of aliphatic carboxylic acids is 1. The van der Waals surface area contributed by atoms with Crippen molar-refractivity contribution >= 4 is 5.97 Å². The van der Waals surface area contributed by atoms with Crippen LogP contribution in [0.4, 0.5) is 0 Å². The molecule has 1 saturated carbocycles. The fraction of sp³-hybridized carbons (Fsp3) is 0.923. The van der Waals surface area contributed by atoms with Crippen LogP contribution in [-0.4, -0.2) is 47.8 Å². The lowest BCUT2D eigenvalue weighted by Crippen LogP contribution is -2.42. The molecule has 1 unspecified atom stereocenters. The second-order valence-electron chi connectivity index (χ2n) is 5.28. The van der Waals surface area contributed by atoms with E-state index in [2.05, 4.69) is 18.7 Å². The summed E-state index contributed by atoms with van der Waals surface area (Å²) in [4.78, 5) is 13.0. The van der Waals surface area contributed by atoms with Crippen LogP contribution in [0.3, 0.4) is 0 Å². The van der Waals surface area contributed by atoms with Crippen molar-refractivity contribution < 1.29 is 14.6 Å². The molecule has 0 heterocycles. The molecule has 4 heteroatoms. The van der Waals surface area contributed by atoms with E-state index in [1.807, 2.05) is 0 Å². The van der Waals surface area contributed by atoms with Gasteiger partial charge in [0.15, 0.2) is 0 Å². The minimum Gasteiger partial charge on any atom is -0.480 e. The Bertz CT molecular complexity index is 239. The van der Waals surface area contributed by atoms with Crippen molar-refractivity contribution in [3.05, 3.63) is 0 Å². The largest absolute Gasteiger partial charge is 0.480 e. The van der Waals surface area contributed by atoms with Gasteiger partial charge in [-0.15, -0.1) is 0 Å². The smallest absolute Gasteiger partial charge is 0.320 e. The zero-order valence-electron chi connectivity index (χ0n) is 11.2. The van der Waals surface area contributed by atoms with Crippen LogP contribution < -0.4 is 0 Å². The number of carboxylic acid groups (broad SMARTS) is 1. The molecular formula is C13H25NO3. The Labute approximate surface area is 104 Å². The van der Waals surface area contributed by atoms with Crippen LogP contribution in [0.15, 0.2) is 0 Å². The van der Waals surface area contributed by atoms with Crippen molar-refractivity contribution in [3.8, 4) is 0 Å².